The zero-order chi connectivity index (χ0) is 16.9. The van der Waals surface area contributed by atoms with Crippen LogP contribution in [0.1, 0.15) is 33.6 Å². The third-order valence-electron chi connectivity index (χ3n) is 3.69. The summed E-state index contributed by atoms with van der Waals surface area (Å²) in [6.45, 7) is 2.68. The van der Waals surface area contributed by atoms with Crippen molar-refractivity contribution >= 4 is 23.2 Å². The largest absolute Gasteiger partial charge is 0.352 e. The van der Waals surface area contributed by atoms with Gasteiger partial charge in [0.25, 0.3) is 5.91 Å². The van der Waals surface area contributed by atoms with Crippen LogP contribution in [0, 0.1) is 11.8 Å². The van der Waals surface area contributed by atoms with Crippen molar-refractivity contribution in [2.75, 3.05) is 13.1 Å². The van der Waals surface area contributed by atoms with E-state index in [9.17, 15) is 9.59 Å². The first-order chi connectivity index (χ1) is 11.6. The van der Waals surface area contributed by atoms with Crippen LogP contribution in [0.3, 0.4) is 0 Å². The Morgan fingerprint density at radius 3 is 2.83 bits per heavy atom. The van der Waals surface area contributed by atoms with E-state index in [0.29, 0.717) is 23.0 Å². The molecule has 0 bridgehead atoms. The minimum atomic E-state index is -0.0643. The molecule has 0 radical (unpaired) electrons. The summed E-state index contributed by atoms with van der Waals surface area (Å²) in [5.74, 6) is 5.92. The van der Waals surface area contributed by atoms with Crippen molar-refractivity contribution in [1.82, 2.24) is 15.2 Å². The van der Waals surface area contributed by atoms with Crippen molar-refractivity contribution < 1.29 is 9.59 Å². The van der Waals surface area contributed by atoms with Crippen LogP contribution in [0.4, 0.5) is 0 Å². The molecule has 122 valence electrons. The second kappa shape index (κ2) is 7.28. The number of hydrogen-bond donors (Lipinski definition) is 1. The SMILES string of the molecule is CC(=O)NC1CCN(C(=O)c2cnc(C#Cc3ccccc3)s2)C1. The van der Waals surface area contributed by atoms with E-state index in [4.69, 9.17) is 0 Å². The first-order valence-electron chi connectivity index (χ1n) is 7.71. The standard InChI is InChI=1S/C18H17N3O2S/c1-13(22)20-15-9-10-21(12-15)18(23)16-11-19-17(24-16)8-7-14-5-3-2-4-6-14/h2-6,11,15H,9-10,12H2,1H3,(H,20,22). The Labute approximate surface area is 144 Å². The summed E-state index contributed by atoms with van der Waals surface area (Å²) >= 11 is 1.30. The Kier molecular flexibility index (Phi) is 4.92. The van der Waals surface area contributed by atoms with Crippen LogP contribution < -0.4 is 5.32 Å². The van der Waals surface area contributed by atoms with Gasteiger partial charge in [-0.05, 0) is 24.5 Å². The van der Waals surface area contributed by atoms with Crippen LogP contribution in [0.15, 0.2) is 36.5 Å². The van der Waals surface area contributed by atoms with Gasteiger partial charge in [0, 0.05) is 31.6 Å². The number of nitrogens with zero attached hydrogens (tertiary/aromatic N) is 2. The fourth-order valence-corrected chi connectivity index (χ4v) is 3.32. The van der Waals surface area contributed by atoms with E-state index < -0.39 is 0 Å². The van der Waals surface area contributed by atoms with Crippen molar-refractivity contribution in [2.24, 2.45) is 0 Å². The van der Waals surface area contributed by atoms with Crippen LogP contribution in [0.2, 0.25) is 0 Å². The molecule has 6 heteroatoms. The fourth-order valence-electron chi connectivity index (χ4n) is 2.58. The number of carbonyl (C=O) groups excluding carboxylic acids is 2. The first-order valence-corrected chi connectivity index (χ1v) is 8.53. The van der Waals surface area contributed by atoms with Gasteiger partial charge >= 0.3 is 0 Å². The third-order valence-corrected chi connectivity index (χ3v) is 4.59. The normalized spacial score (nSPS) is 16.4. The number of hydrogen-bond acceptors (Lipinski definition) is 4. The molecule has 1 aliphatic rings. The molecule has 24 heavy (non-hydrogen) atoms. The molecular formula is C18H17N3O2S. The highest BCUT2D eigenvalue weighted by Gasteiger charge is 2.28. The highest BCUT2D eigenvalue weighted by Crippen LogP contribution is 2.18. The predicted octanol–water partition coefficient (Wildman–Crippen LogP) is 1.89. The maximum absolute atomic E-state index is 12.5. The second-order valence-electron chi connectivity index (χ2n) is 5.58. The van der Waals surface area contributed by atoms with Crippen LogP contribution in [-0.2, 0) is 4.79 Å². The van der Waals surface area contributed by atoms with Crippen LogP contribution in [-0.4, -0.2) is 40.8 Å². The Morgan fingerprint density at radius 1 is 1.29 bits per heavy atom. The lowest BCUT2D eigenvalue weighted by atomic mass is 10.2. The molecule has 2 aromatic rings. The van der Waals surface area contributed by atoms with E-state index in [1.807, 2.05) is 30.3 Å². The molecule has 2 heterocycles. The molecule has 2 amide bonds. The average molecular weight is 339 g/mol. The van der Waals surface area contributed by atoms with Crippen molar-refractivity contribution in [2.45, 2.75) is 19.4 Å². The lowest BCUT2D eigenvalue weighted by Gasteiger charge is -2.15. The van der Waals surface area contributed by atoms with Gasteiger partial charge in [-0.15, -0.1) is 11.3 Å². The van der Waals surface area contributed by atoms with Gasteiger partial charge in [-0.25, -0.2) is 4.98 Å². The van der Waals surface area contributed by atoms with Crippen molar-refractivity contribution in [3.63, 3.8) is 0 Å². The maximum atomic E-state index is 12.5. The van der Waals surface area contributed by atoms with E-state index in [1.54, 1.807) is 11.1 Å². The molecule has 1 N–H and O–H groups in total. The number of thiazole rings is 1. The molecule has 0 saturated carbocycles. The second-order valence-corrected chi connectivity index (χ2v) is 6.61. The number of amides is 2. The number of likely N-dealkylation sites (tertiary alicyclic amines) is 1. The third kappa shape index (κ3) is 4.00. The van der Waals surface area contributed by atoms with Gasteiger partial charge in [0.1, 0.15) is 4.88 Å². The predicted molar refractivity (Wildman–Crippen MR) is 92.7 cm³/mol. The van der Waals surface area contributed by atoms with Gasteiger partial charge in [-0.1, -0.05) is 24.1 Å². The lowest BCUT2D eigenvalue weighted by Crippen LogP contribution is -2.37. The van der Waals surface area contributed by atoms with E-state index in [2.05, 4.69) is 22.1 Å². The van der Waals surface area contributed by atoms with Crippen molar-refractivity contribution in [3.05, 3.63) is 52.0 Å². The van der Waals surface area contributed by atoms with Gasteiger partial charge in [0.15, 0.2) is 5.01 Å². The zero-order valence-corrected chi connectivity index (χ0v) is 14.1. The minimum Gasteiger partial charge on any atom is -0.352 e. The van der Waals surface area contributed by atoms with Gasteiger partial charge in [0.2, 0.25) is 5.91 Å². The van der Waals surface area contributed by atoms with Gasteiger partial charge in [-0.2, -0.15) is 0 Å². The van der Waals surface area contributed by atoms with Crippen LogP contribution in [0.25, 0.3) is 0 Å². The Bertz CT molecular complexity index is 804. The molecule has 5 nitrogen and oxygen atoms in total. The molecule has 1 fully saturated rings. The smallest absolute Gasteiger partial charge is 0.265 e. The molecule has 0 aliphatic carbocycles. The Balaban J connectivity index is 1.64. The molecule has 3 rings (SSSR count). The number of aromatic nitrogens is 1. The number of benzene rings is 1. The van der Waals surface area contributed by atoms with E-state index in [-0.39, 0.29) is 17.9 Å². The van der Waals surface area contributed by atoms with E-state index in [0.717, 1.165) is 12.0 Å². The highest BCUT2D eigenvalue weighted by atomic mass is 32.1. The Hall–Kier alpha value is -2.65. The summed E-state index contributed by atoms with van der Waals surface area (Å²) in [5.41, 5.74) is 0.915. The number of rotatable bonds is 2. The summed E-state index contributed by atoms with van der Waals surface area (Å²) in [6.07, 6.45) is 2.36. The van der Waals surface area contributed by atoms with Crippen molar-refractivity contribution in [1.29, 1.82) is 0 Å². The van der Waals surface area contributed by atoms with E-state index >= 15 is 0 Å². The highest BCUT2D eigenvalue weighted by molar-refractivity contribution is 7.14. The minimum absolute atomic E-state index is 0.0386. The molecule has 0 spiro atoms. The molecule has 1 atom stereocenters. The van der Waals surface area contributed by atoms with E-state index in [1.165, 1.54) is 18.3 Å². The van der Waals surface area contributed by atoms with Crippen LogP contribution >= 0.6 is 11.3 Å². The molecule has 1 unspecified atom stereocenters. The number of carbonyl (C=O) groups is 2. The summed E-state index contributed by atoms with van der Waals surface area (Å²) in [6, 6.07) is 9.70. The zero-order valence-electron chi connectivity index (χ0n) is 13.3. The Morgan fingerprint density at radius 2 is 2.08 bits per heavy atom. The molecule has 1 aromatic heterocycles. The molecule has 1 aliphatic heterocycles. The van der Waals surface area contributed by atoms with Gasteiger partial charge in [-0.3, -0.25) is 9.59 Å². The molecule has 1 saturated heterocycles. The summed E-state index contributed by atoms with van der Waals surface area (Å²) < 4.78 is 0. The average Bonchev–Trinajstić information content (AvgIpc) is 3.22. The monoisotopic (exact) mass is 339 g/mol. The quantitative estimate of drug-likeness (QED) is 0.850. The molecule has 1 aromatic carbocycles. The lowest BCUT2D eigenvalue weighted by molar-refractivity contribution is -0.119. The number of nitrogens with one attached hydrogen (secondary N) is 1. The summed E-state index contributed by atoms with van der Waals surface area (Å²) in [5, 5.41) is 3.48. The van der Waals surface area contributed by atoms with Gasteiger partial charge < -0.3 is 10.2 Å². The topological polar surface area (TPSA) is 62.3 Å². The first kappa shape index (κ1) is 16.2. The van der Waals surface area contributed by atoms with Crippen LogP contribution in [0.5, 0.6) is 0 Å². The summed E-state index contributed by atoms with van der Waals surface area (Å²) in [4.78, 5) is 30.2. The van der Waals surface area contributed by atoms with Gasteiger partial charge in [0.05, 0.1) is 6.20 Å². The molecular weight excluding hydrogens is 322 g/mol. The maximum Gasteiger partial charge on any atom is 0.265 e. The fraction of sp³-hybridized carbons (Fsp3) is 0.278. The van der Waals surface area contributed by atoms with Crippen molar-refractivity contribution in [3.8, 4) is 11.8 Å². The summed E-state index contributed by atoms with van der Waals surface area (Å²) in [7, 11) is 0.